The Kier molecular flexibility index (Phi) is 1.83. The van der Waals surface area contributed by atoms with Gasteiger partial charge in [-0.3, -0.25) is 0 Å². The van der Waals surface area contributed by atoms with Crippen molar-refractivity contribution >= 4 is 5.97 Å². The highest BCUT2D eigenvalue weighted by molar-refractivity contribution is 5.86. The molecule has 0 saturated carbocycles. The number of rotatable bonds is 0. The Hall–Kier alpha value is -1.90. The zero-order valence-electron chi connectivity index (χ0n) is 5.64. The number of aliphatic carboxylic acids is 1. The molecular weight excluding hydrogens is 148 g/mol. The van der Waals surface area contributed by atoms with Gasteiger partial charge in [0.25, 0.3) is 0 Å². The van der Waals surface area contributed by atoms with Crippen LogP contribution < -0.4 is 0 Å². The van der Waals surface area contributed by atoms with Crippen LogP contribution in [-0.2, 0) is 11.8 Å². The van der Waals surface area contributed by atoms with Gasteiger partial charge in [0.15, 0.2) is 0 Å². The molecule has 1 rings (SSSR count). The number of aromatic nitrogens is 4. The van der Waals surface area contributed by atoms with E-state index >= 15 is 0 Å². The molecular formula is C5H4N4O2. The van der Waals surface area contributed by atoms with Crippen LogP contribution in [0.2, 0.25) is 0 Å². The average Bonchev–Trinajstić information content (AvgIpc) is 2.31. The molecule has 6 nitrogen and oxygen atoms in total. The summed E-state index contributed by atoms with van der Waals surface area (Å²) in [4.78, 5) is 11.1. The topological polar surface area (TPSA) is 80.9 Å². The zero-order chi connectivity index (χ0) is 8.27. The van der Waals surface area contributed by atoms with Crippen molar-refractivity contribution in [2.45, 2.75) is 0 Å². The SMILES string of the molecule is Cn1nnc(C#CC(=O)O)n1. The lowest BCUT2D eigenvalue weighted by Crippen LogP contribution is -1.92. The van der Waals surface area contributed by atoms with Crippen molar-refractivity contribution in [2.24, 2.45) is 7.05 Å². The van der Waals surface area contributed by atoms with E-state index in [0.717, 1.165) is 0 Å². The molecule has 11 heavy (non-hydrogen) atoms. The van der Waals surface area contributed by atoms with E-state index < -0.39 is 5.97 Å². The van der Waals surface area contributed by atoms with Gasteiger partial charge in [-0.2, -0.15) is 4.80 Å². The minimum atomic E-state index is -1.21. The number of carboxylic acid groups (broad SMARTS) is 1. The fraction of sp³-hybridized carbons (Fsp3) is 0.200. The van der Waals surface area contributed by atoms with Crippen molar-refractivity contribution < 1.29 is 9.90 Å². The molecule has 0 amide bonds. The summed E-state index contributed by atoms with van der Waals surface area (Å²) in [6.45, 7) is 0. The monoisotopic (exact) mass is 152 g/mol. The van der Waals surface area contributed by atoms with Gasteiger partial charge in [0.1, 0.15) is 0 Å². The summed E-state index contributed by atoms with van der Waals surface area (Å²) in [5, 5.41) is 18.7. The Morgan fingerprint density at radius 1 is 1.73 bits per heavy atom. The van der Waals surface area contributed by atoms with Gasteiger partial charge in [0, 0.05) is 5.92 Å². The minimum absolute atomic E-state index is 0.106. The Bertz CT molecular complexity index is 332. The first-order valence-electron chi connectivity index (χ1n) is 2.67. The predicted octanol–water partition coefficient (Wildman–Crippen LogP) is -1.35. The highest BCUT2D eigenvalue weighted by atomic mass is 16.4. The number of carbonyl (C=O) groups is 1. The summed E-state index contributed by atoms with van der Waals surface area (Å²) >= 11 is 0. The molecule has 0 atom stereocenters. The Morgan fingerprint density at radius 3 is 2.91 bits per heavy atom. The largest absolute Gasteiger partial charge is 0.472 e. The summed E-state index contributed by atoms with van der Waals surface area (Å²) in [6.07, 6.45) is 0. The van der Waals surface area contributed by atoms with Crippen molar-refractivity contribution in [3.8, 4) is 11.8 Å². The van der Waals surface area contributed by atoms with Crippen LogP contribution in [0.1, 0.15) is 5.82 Å². The van der Waals surface area contributed by atoms with Gasteiger partial charge in [-0.1, -0.05) is 5.10 Å². The van der Waals surface area contributed by atoms with Crippen LogP contribution in [0.5, 0.6) is 0 Å². The smallest absolute Gasteiger partial charge is 0.382 e. The van der Waals surface area contributed by atoms with E-state index in [-0.39, 0.29) is 5.82 Å². The molecule has 0 unspecified atom stereocenters. The molecule has 0 aliphatic heterocycles. The zero-order valence-corrected chi connectivity index (χ0v) is 5.64. The number of carboxylic acids is 1. The second-order valence-electron chi connectivity index (χ2n) is 1.66. The molecule has 0 radical (unpaired) electrons. The van der Waals surface area contributed by atoms with Gasteiger partial charge >= 0.3 is 5.97 Å². The number of hydrogen-bond acceptors (Lipinski definition) is 4. The van der Waals surface area contributed by atoms with Crippen molar-refractivity contribution in [3.05, 3.63) is 5.82 Å². The molecule has 56 valence electrons. The standard InChI is InChI=1S/C5H4N4O2/c1-9-7-4(6-8-9)2-3-5(10)11/h1H3,(H,10,11). The van der Waals surface area contributed by atoms with Gasteiger partial charge in [-0.05, 0) is 11.1 Å². The van der Waals surface area contributed by atoms with E-state index in [0.29, 0.717) is 0 Å². The molecule has 0 spiro atoms. The van der Waals surface area contributed by atoms with E-state index in [1.807, 2.05) is 5.92 Å². The van der Waals surface area contributed by atoms with Gasteiger partial charge < -0.3 is 5.11 Å². The van der Waals surface area contributed by atoms with E-state index in [9.17, 15) is 4.79 Å². The first-order chi connectivity index (χ1) is 5.18. The summed E-state index contributed by atoms with van der Waals surface area (Å²) in [5.74, 6) is 2.97. The maximum atomic E-state index is 9.92. The van der Waals surface area contributed by atoms with Crippen LogP contribution in [0, 0.1) is 11.8 Å². The molecule has 1 aromatic heterocycles. The van der Waals surface area contributed by atoms with Crippen LogP contribution in [0.4, 0.5) is 0 Å². The van der Waals surface area contributed by atoms with Crippen LogP contribution in [0.25, 0.3) is 0 Å². The Labute approximate surface area is 61.8 Å². The van der Waals surface area contributed by atoms with E-state index in [4.69, 9.17) is 5.11 Å². The summed E-state index contributed by atoms with van der Waals surface area (Å²) in [7, 11) is 1.57. The fourth-order valence-electron chi connectivity index (χ4n) is 0.444. The summed E-state index contributed by atoms with van der Waals surface area (Å²) in [5.41, 5.74) is 0. The van der Waals surface area contributed by atoms with Gasteiger partial charge in [0.05, 0.1) is 7.05 Å². The molecule has 0 fully saturated rings. The second kappa shape index (κ2) is 2.79. The highest BCUT2D eigenvalue weighted by Gasteiger charge is 1.93. The lowest BCUT2D eigenvalue weighted by Gasteiger charge is -1.74. The first kappa shape index (κ1) is 7.21. The highest BCUT2D eigenvalue weighted by Crippen LogP contribution is 1.78. The molecule has 0 aromatic carbocycles. The second-order valence-corrected chi connectivity index (χ2v) is 1.66. The molecule has 0 aliphatic rings. The number of tetrazole rings is 1. The van der Waals surface area contributed by atoms with Crippen LogP contribution in [-0.4, -0.2) is 31.3 Å². The van der Waals surface area contributed by atoms with Crippen molar-refractivity contribution in [1.29, 1.82) is 0 Å². The maximum absolute atomic E-state index is 9.92. The van der Waals surface area contributed by atoms with Crippen LogP contribution in [0.15, 0.2) is 0 Å². The number of aryl methyl sites for hydroxylation is 1. The average molecular weight is 152 g/mol. The van der Waals surface area contributed by atoms with Crippen molar-refractivity contribution in [3.63, 3.8) is 0 Å². The van der Waals surface area contributed by atoms with Gasteiger partial charge in [0.2, 0.25) is 5.82 Å². The molecule has 6 heteroatoms. The summed E-state index contributed by atoms with van der Waals surface area (Å²) in [6, 6.07) is 0. The lowest BCUT2D eigenvalue weighted by molar-refractivity contribution is -0.130. The third-order valence-electron chi connectivity index (χ3n) is 0.790. The van der Waals surface area contributed by atoms with Crippen LogP contribution >= 0.6 is 0 Å². The van der Waals surface area contributed by atoms with Gasteiger partial charge in [-0.25, -0.2) is 4.79 Å². The lowest BCUT2D eigenvalue weighted by atomic mass is 10.5. The molecule has 0 aliphatic carbocycles. The number of hydrogen-bond donors (Lipinski definition) is 1. The molecule has 1 aromatic rings. The predicted molar refractivity (Wildman–Crippen MR) is 33.3 cm³/mol. The van der Waals surface area contributed by atoms with Crippen molar-refractivity contribution in [2.75, 3.05) is 0 Å². The first-order valence-corrected chi connectivity index (χ1v) is 2.67. The minimum Gasteiger partial charge on any atom is -0.472 e. The summed E-state index contributed by atoms with van der Waals surface area (Å²) < 4.78 is 0. The van der Waals surface area contributed by atoms with E-state index in [1.54, 1.807) is 7.05 Å². The molecule has 0 bridgehead atoms. The quantitative estimate of drug-likeness (QED) is 0.464. The molecule has 1 heterocycles. The van der Waals surface area contributed by atoms with E-state index in [1.165, 1.54) is 4.80 Å². The third-order valence-corrected chi connectivity index (χ3v) is 0.790. The van der Waals surface area contributed by atoms with E-state index in [2.05, 4.69) is 21.3 Å². The third kappa shape index (κ3) is 2.06. The van der Waals surface area contributed by atoms with Crippen molar-refractivity contribution in [1.82, 2.24) is 20.2 Å². The van der Waals surface area contributed by atoms with Gasteiger partial charge in [-0.15, -0.1) is 5.10 Å². The molecule has 1 N–H and O–H groups in total. The fourth-order valence-corrected chi connectivity index (χ4v) is 0.444. The Morgan fingerprint density at radius 2 is 2.45 bits per heavy atom. The Balaban J connectivity index is 2.82. The van der Waals surface area contributed by atoms with Crippen LogP contribution in [0.3, 0.4) is 0 Å². The maximum Gasteiger partial charge on any atom is 0.382 e. The normalized spacial score (nSPS) is 8.45. The number of nitrogens with zero attached hydrogens (tertiary/aromatic N) is 4. The molecule has 0 saturated heterocycles.